The van der Waals surface area contributed by atoms with Gasteiger partial charge in [-0.1, -0.05) is 23.2 Å². The summed E-state index contributed by atoms with van der Waals surface area (Å²) in [6.45, 7) is 6.36. The lowest BCUT2D eigenvalue weighted by atomic mass is 10.2. The summed E-state index contributed by atoms with van der Waals surface area (Å²) in [5.41, 5.74) is 4.29. The number of nitrogens with zero attached hydrogens (tertiary/aromatic N) is 3. The van der Waals surface area contributed by atoms with Gasteiger partial charge in [0.25, 0.3) is 5.91 Å². The Kier molecular flexibility index (Phi) is 6.47. The zero-order valence-electron chi connectivity index (χ0n) is 17.7. The third-order valence-electron chi connectivity index (χ3n) is 5.16. The summed E-state index contributed by atoms with van der Waals surface area (Å²) < 4.78 is 15.2. The summed E-state index contributed by atoms with van der Waals surface area (Å²) in [5.74, 6) is -0.430. The summed E-state index contributed by atoms with van der Waals surface area (Å²) in [6, 6.07) is 13.3. The van der Waals surface area contributed by atoms with Crippen molar-refractivity contribution in [1.82, 2.24) is 9.47 Å². The molecule has 0 N–H and O–H groups in total. The van der Waals surface area contributed by atoms with E-state index in [2.05, 4.69) is 4.99 Å². The molecule has 1 saturated heterocycles. The van der Waals surface area contributed by atoms with Gasteiger partial charge in [-0.05, 0) is 92.7 Å². The van der Waals surface area contributed by atoms with Crippen molar-refractivity contribution in [3.05, 3.63) is 86.2 Å². The van der Waals surface area contributed by atoms with Crippen LogP contribution in [0.2, 0.25) is 10.0 Å². The minimum atomic E-state index is -0.326. The van der Waals surface area contributed by atoms with Crippen LogP contribution in [0, 0.1) is 19.7 Å². The number of hydrogen-bond donors (Lipinski definition) is 0. The standard InChI is InChI=1S/C24H20Cl2FN3OS/c1-4-29-23(31)22(32-24(29)28-19-8-6-18(27)7-9-19)12-16-11-14(2)30(15(16)3)21-10-5-17(25)13-20(21)26/h5-13H,4H2,1-3H3/b22-12+,28-24?. The van der Waals surface area contributed by atoms with Gasteiger partial charge in [-0.15, -0.1) is 0 Å². The number of amides is 1. The van der Waals surface area contributed by atoms with Gasteiger partial charge < -0.3 is 4.57 Å². The van der Waals surface area contributed by atoms with Crippen molar-refractivity contribution in [2.45, 2.75) is 20.8 Å². The number of carbonyl (C=O) groups is 1. The average molecular weight is 488 g/mol. The van der Waals surface area contributed by atoms with Crippen molar-refractivity contribution in [3.63, 3.8) is 0 Å². The van der Waals surface area contributed by atoms with E-state index in [4.69, 9.17) is 23.2 Å². The van der Waals surface area contributed by atoms with Gasteiger partial charge in [0.15, 0.2) is 5.17 Å². The van der Waals surface area contributed by atoms with E-state index in [0.717, 1.165) is 22.6 Å². The number of likely N-dealkylation sites (N-methyl/N-ethyl adjacent to an activating group) is 1. The van der Waals surface area contributed by atoms with Crippen LogP contribution in [0.5, 0.6) is 0 Å². The van der Waals surface area contributed by atoms with Gasteiger partial charge in [0, 0.05) is 23.0 Å². The zero-order valence-corrected chi connectivity index (χ0v) is 20.0. The number of benzene rings is 2. The first-order valence-electron chi connectivity index (χ1n) is 9.98. The summed E-state index contributed by atoms with van der Waals surface area (Å²) in [4.78, 5) is 19.8. The molecule has 4 rings (SSSR count). The Morgan fingerprint density at radius 2 is 1.81 bits per heavy atom. The Morgan fingerprint density at radius 3 is 2.47 bits per heavy atom. The molecule has 0 spiro atoms. The van der Waals surface area contributed by atoms with E-state index in [1.165, 1.54) is 23.9 Å². The van der Waals surface area contributed by atoms with E-state index in [1.807, 2.05) is 43.5 Å². The monoisotopic (exact) mass is 487 g/mol. The topological polar surface area (TPSA) is 37.6 Å². The van der Waals surface area contributed by atoms with E-state index in [-0.39, 0.29) is 11.7 Å². The molecule has 164 valence electrons. The van der Waals surface area contributed by atoms with Gasteiger partial charge in [0.2, 0.25) is 0 Å². The number of carbonyl (C=O) groups excluding carboxylic acids is 1. The van der Waals surface area contributed by atoms with Gasteiger partial charge in [0.1, 0.15) is 5.82 Å². The molecule has 1 amide bonds. The summed E-state index contributed by atoms with van der Waals surface area (Å²) in [7, 11) is 0. The van der Waals surface area contributed by atoms with Crippen LogP contribution in [0.15, 0.2) is 58.4 Å². The van der Waals surface area contributed by atoms with Crippen LogP contribution < -0.4 is 0 Å². The number of rotatable bonds is 4. The van der Waals surface area contributed by atoms with Crippen LogP contribution in [-0.4, -0.2) is 27.1 Å². The number of aromatic nitrogens is 1. The van der Waals surface area contributed by atoms with Crippen LogP contribution >= 0.6 is 35.0 Å². The number of hydrogen-bond acceptors (Lipinski definition) is 3. The lowest BCUT2D eigenvalue weighted by Crippen LogP contribution is -2.28. The van der Waals surface area contributed by atoms with E-state index in [9.17, 15) is 9.18 Å². The molecule has 0 radical (unpaired) electrons. The first kappa shape index (κ1) is 22.6. The Hall–Kier alpha value is -2.54. The predicted octanol–water partition coefficient (Wildman–Crippen LogP) is 7.16. The number of aliphatic imine (C=N–C) groups is 1. The zero-order chi connectivity index (χ0) is 23.0. The lowest BCUT2D eigenvalue weighted by Gasteiger charge is -2.12. The smallest absolute Gasteiger partial charge is 0.266 e. The number of amidine groups is 1. The first-order chi connectivity index (χ1) is 15.3. The van der Waals surface area contributed by atoms with Crippen LogP contribution in [-0.2, 0) is 4.79 Å². The van der Waals surface area contributed by atoms with Crippen molar-refractivity contribution in [2.75, 3.05) is 6.54 Å². The normalized spacial score (nSPS) is 16.6. The molecule has 2 aromatic carbocycles. The molecule has 2 heterocycles. The molecular formula is C24H20Cl2FN3OS. The maximum atomic E-state index is 13.2. The first-order valence-corrected chi connectivity index (χ1v) is 11.6. The molecule has 1 aromatic heterocycles. The molecule has 0 aliphatic carbocycles. The number of aryl methyl sites for hydroxylation is 1. The number of thioether (sulfide) groups is 1. The minimum Gasteiger partial charge on any atom is -0.316 e. The summed E-state index contributed by atoms with van der Waals surface area (Å²) in [6.07, 6.45) is 1.88. The molecule has 32 heavy (non-hydrogen) atoms. The van der Waals surface area contributed by atoms with Crippen LogP contribution in [0.3, 0.4) is 0 Å². The second-order valence-corrected chi connectivity index (χ2v) is 9.14. The maximum absolute atomic E-state index is 13.2. The van der Waals surface area contributed by atoms with E-state index in [1.54, 1.807) is 29.2 Å². The Labute approximate surface area is 200 Å². The van der Waals surface area contributed by atoms with Crippen LogP contribution in [0.1, 0.15) is 23.9 Å². The fourth-order valence-electron chi connectivity index (χ4n) is 3.60. The summed E-state index contributed by atoms with van der Waals surface area (Å²) in [5, 5.41) is 1.70. The third-order valence-corrected chi connectivity index (χ3v) is 6.71. The van der Waals surface area contributed by atoms with Crippen molar-refractivity contribution >= 4 is 57.8 Å². The summed E-state index contributed by atoms with van der Waals surface area (Å²) >= 11 is 13.8. The molecule has 0 bridgehead atoms. The van der Waals surface area contributed by atoms with Gasteiger partial charge in [-0.25, -0.2) is 9.38 Å². The minimum absolute atomic E-state index is 0.104. The highest BCUT2D eigenvalue weighted by atomic mass is 35.5. The Morgan fingerprint density at radius 1 is 1.09 bits per heavy atom. The third kappa shape index (κ3) is 4.35. The average Bonchev–Trinajstić information content (AvgIpc) is 3.19. The fraction of sp³-hybridized carbons (Fsp3) is 0.167. The predicted molar refractivity (Wildman–Crippen MR) is 132 cm³/mol. The maximum Gasteiger partial charge on any atom is 0.266 e. The molecule has 1 fully saturated rings. The molecule has 1 aliphatic heterocycles. The van der Waals surface area contributed by atoms with Gasteiger partial charge >= 0.3 is 0 Å². The van der Waals surface area contributed by atoms with Crippen LogP contribution in [0.25, 0.3) is 11.8 Å². The highest BCUT2D eigenvalue weighted by Gasteiger charge is 2.32. The lowest BCUT2D eigenvalue weighted by molar-refractivity contribution is -0.122. The molecule has 0 atom stereocenters. The molecule has 8 heteroatoms. The quantitative estimate of drug-likeness (QED) is 0.366. The highest BCUT2D eigenvalue weighted by Crippen LogP contribution is 2.36. The van der Waals surface area contributed by atoms with Crippen molar-refractivity contribution in [2.24, 2.45) is 4.99 Å². The Bertz CT molecular complexity index is 1260. The largest absolute Gasteiger partial charge is 0.316 e. The van der Waals surface area contributed by atoms with E-state index >= 15 is 0 Å². The highest BCUT2D eigenvalue weighted by molar-refractivity contribution is 8.18. The van der Waals surface area contributed by atoms with Gasteiger partial charge in [0.05, 0.1) is 21.3 Å². The second-order valence-electron chi connectivity index (χ2n) is 7.29. The molecule has 0 saturated carbocycles. The second kappa shape index (κ2) is 9.14. The fourth-order valence-corrected chi connectivity index (χ4v) is 5.15. The van der Waals surface area contributed by atoms with Crippen molar-refractivity contribution in [1.29, 1.82) is 0 Å². The number of halogens is 3. The Balaban J connectivity index is 1.71. The molecule has 1 aliphatic rings. The van der Waals surface area contributed by atoms with Crippen molar-refractivity contribution in [3.8, 4) is 5.69 Å². The molecule has 4 nitrogen and oxygen atoms in total. The van der Waals surface area contributed by atoms with Crippen LogP contribution in [0.4, 0.5) is 10.1 Å². The molecule has 3 aromatic rings. The SMILES string of the molecule is CCN1C(=O)/C(=C\c2cc(C)n(-c3ccc(Cl)cc3Cl)c2C)SC1=Nc1ccc(F)cc1. The molecule has 0 unspecified atom stereocenters. The van der Waals surface area contributed by atoms with Gasteiger partial charge in [-0.2, -0.15) is 0 Å². The van der Waals surface area contributed by atoms with E-state index in [0.29, 0.717) is 32.4 Å². The van der Waals surface area contributed by atoms with Crippen molar-refractivity contribution < 1.29 is 9.18 Å². The molecular weight excluding hydrogens is 468 g/mol. The van der Waals surface area contributed by atoms with Gasteiger partial charge in [-0.3, -0.25) is 9.69 Å². The van der Waals surface area contributed by atoms with E-state index < -0.39 is 0 Å².